The summed E-state index contributed by atoms with van der Waals surface area (Å²) in [6.07, 6.45) is 1.05. The molecule has 3 aromatic rings. The Morgan fingerprint density at radius 3 is 2.64 bits per heavy atom. The molecular formula is C26H23N3O4. The van der Waals surface area contributed by atoms with Gasteiger partial charge in [-0.3, -0.25) is 14.6 Å². The van der Waals surface area contributed by atoms with Gasteiger partial charge in [0, 0.05) is 11.8 Å². The number of ether oxygens (including phenoxy) is 2. The molecule has 166 valence electrons. The van der Waals surface area contributed by atoms with E-state index in [-0.39, 0.29) is 31.6 Å². The predicted octanol–water partition coefficient (Wildman–Crippen LogP) is 4.47. The molecular weight excluding hydrogens is 418 g/mol. The van der Waals surface area contributed by atoms with E-state index in [4.69, 9.17) is 14.5 Å². The van der Waals surface area contributed by atoms with Crippen LogP contribution in [0.25, 0.3) is 0 Å². The highest BCUT2D eigenvalue weighted by Gasteiger charge is 2.27. The quantitative estimate of drug-likeness (QED) is 0.633. The Kier molecular flexibility index (Phi) is 5.52. The van der Waals surface area contributed by atoms with Crippen molar-refractivity contribution in [1.29, 1.82) is 0 Å². The number of hydrogen-bond acceptors (Lipinski definition) is 5. The number of carbonyl (C=O) groups is 2. The second-order valence-electron chi connectivity index (χ2n) is 7.87. The number of para-hydroxylation sites is 2. The van der Waals surface area contributed by atoms with Gasteiger partial charge in [-0.15, -0.1) is 0 Å². The number of nitrogens with zero attached hydrogens (tertiary/aromatic N) is 2. The molecule has 3 aromatic carbocycles. The first kappa shape index (κ1) is 20.8. The highest BCUT2D eigenvalue weighted by atomic mass is 16.7. The van der Waals surface area contributed by atoms with Crippen LogP contribution in [0.15, 0.2) is 71.7 Å². The molecule has 0 aliphatic carbocycles. The first-order valence-corrected chi connectivity index (χ1v) is 10.9. The third-order valence-electron chi connectivity index (χ3n) is 5.70. The maximum Gasteiger partial charge on any atom is 0.244 e. The number of carbonyl (C=O) groups excluding carboxylic acids is 2. The van der Waals surface area contributed by atoms with E-state index in [2.05, 4.69) is 24.4 Å². The van der Waals surface area contributed by atoms with Crippen LogP contribution in [0, 0.1) is 0 Å². The van der Waals surface area contributed by atoms with Crippen LogP contribution in [0.5, 0.6) is 11.5 Å². The van der Waals surface area contributed by atoms with Crippen LogP contribution in [0.4, 0.5) is 17.1 Å². The lowest BCUT2D eigenvalue weighted by Crippen LogP contribution is -2.38. The van der Waals surface area contributed by atoms with Gasteiger partial charge in [0.05, 0.1) is 23.5 Å². The van der Waals surface area contributed by atoms with Crippen LogP contribution in [0.3, 0.4) is 0 Å². The summed E-state index contributed by atoms with van der Waals surface area (Å²) < 4.78 is 10.7. The molecule has 0 radical (unpaired) electrons. The van der Waals surface area contributed by atoms with Gasteiger partial charge in [-0.25, -0.2) is 0 Å². The lowest BCUT2D eigenvalue weighted by molar-refractivity contribution is -0.120. The summed E-state index contributed by atoms with van der Waals surface area (Å²) in [5, 5.41) is 2.84. The van der Waals surface area contributed by atoms with Gasteiger partial charge in [-0.05, 0) is 41.8 Å². The maximum absolute atomic E-state index is 13.3. The highest BCUT2D eigenvalue weighted by molar-refractivity contribution is 6.19. The Bertz CT molecular complexity index is 1250. The van der Waals surface area contributed by atoms with Crippen LogP contribution in [-0.2, 0) is 16.0 Å². The first-order chi connectivity index (χ1) is 16.1. The number of anilines is 2. The highest BCUT2D eigenvalue weighted by Crippen LogP contribution is 2.35. The number of aryl methyl sites for hydroxylation is 1. The van der Waals surface area contributed by atoms with Gasteiger partial charge in [0.1, 0.15) is 6.54 Å². The monoisotopic (exact) mass is 441 g/mol. The van der Waals surface area contributed by atoms with Gasteiger partial charge in [-0.2, -0.15) is 0 Å². The van der Waals surface area contributed by atoms with Crippen molar-refractivity contribution in [3.05, 3.63) is 77.9 Å². The smallest absolute Gasteiger partial charge is 0.244 e. The van der Waals surface area contributed by atoms with E-state index in [0.29, 0.717) is 34.3 Å². The lowest BCUT2D eigenvalue weighted by Gasteiger charge is -2.22. The fourth-order valence-corrected chi connectivity index (χ4v) is 3.94. The number of hydrogen-bond donors (Lipinski definition) is 1. The second kappa shape index (κ2) is 8.78. The van der Waals surface area contributed by atoms with Gasteiger partial charge >= 0.3 is 0 Å². The number of amides is 2. The lowest BCUT2D eigenvalue weighted by atomic mass is 10.0. The topological polar surface area (TPSA) is 80.2 Å². The molecule has 0 saturated heterocycles. The summed E-state index contributed by atoms with van der Waals surface area (Å²) in [5.41, 5.74) is 4.67. The molecule has 2 heterocycles. The standard InChI is InChI=1S/C26H23N3O4/c1-2-17-7-9-18(10-8-17)21-14-26(31)29(22-6-4-3-5-20(22)28-21)15-25(30)27-19-11-12-23-24(13-19)33-16-32-23/h3-13H,2,14-16H2,1H3,(H,27,30). The molecule has 1 N–H and O–H groups in total. The molecule has 33 heavy (non-hydrogen) atoms. The predicted molar refractivity (Wildman–Crippen MR) is 127 cm³/mol. The van der Waals surface area contributed by atoms with Crippen molar-refractivity contribution in [3.63, 3.8) is 0 Å². The fraction of sp³-hybridized carbons (Fsp3) is 0.192. The van der Waals surface area contributed by atoms with Crippen molar-refractivity contribution >= 4 is 34.6 Å². The van der Waals surface area contributed by atoms with Crippen molar-refractivity contribution in [3.8, 4) is 11.5 Å². The van der Waals surface area contributed by atoms with E-state index in [1.54, 1.807) is 18.2 Å². The Morgan fingerprint density at radius 1 is 1.03 bits per heavy atom. The van der Waals surface area contributed by atoms with Crippen LogP contribution in [-0.4, -0.2) is 30.9 Å². The fourth-order valence-electron chi connectivity index (χ4n) is 3.94. The van der Waals surface area contributed by atoms with Crippen molar-refractivity contribution in [2.24, 2.45) is 4.99 Å². The zero-order valence-corrected chi connectivity index (χ0v) is 18.2. The Hall–Kier alpha value is -4.13. The van der Waals surface area contributed by atoms with Gasteiger partial charge in [0.15, 0.2) is 11.5 Å². The molecule has 2 aliphatic heterocycles. The zero-order chi connectivity index (χ0) is 22.8. The molecule has 0 spiro atoms. The van der Waals surface area contributed by atoms with E-state index in [9.17, 15) is 9.59 Å². The first-order valence-electron chi connectivity index (χ1n) is 10.9. The molecule has 0 unspecified atom stereocenters. The van der Waals surface area contributed by atoms with E-state index < -0.39 is 0 Å². The Balaban J connectivity index is 1.38. The number of fused-ring (bicyclic) bond motifs is 2. The van der Waals surface area contributed by atoms with Crippen molar-refractivity contribution in [1.82, 2.24) is 0 Å². The summed E-state index contributed by atoms with van der Waals surface area (Å²) in [6, 6.07) is 20.7. The minimum absolute atomic E-state index is 0.109. The SMILES string of the molecule is CCc1ccc(C2=Nc3ccccc3N(CC(=O)Nc3ccc4c(c3)OCO4)C(=O)C2)cc1. The molecule has 2 aliphatic rings. The Labute approximate surface area is 191 Å². The summed E-state index contributed by atoms with van der Waals surface area (Å²) in [7, 11) is 0. The molecule has 7 heteroatoms. The normalized spacial score (nSPS) is 14.4. The van der Waals surface area contributed by atoms with Crippen LogP contribution >= 0.6 is 0 Å². The molecule has 2 amide bonds. The Morgan fingerprint density at radius 2 is 1.82 bits per heavy atom. The van der Waals surface area contributed by atoms with Gasteiger partial charge in [0.2, 0.25) is 18.6 Å². The van der Waals surface area contributed by atoms with E-state index >= 15 is 0 Å². The summed E-state index contributed by atoms with van der Waals surface area (Å²) in [4.78, 5) is 32.4. The van der Waals surface area contributed by atoms with Crippen molar-refractivity contribution in [2.45, 2.75) is 19.8 Å². The number of benzene rings is 3. The molecule has 7 nitrogen and oxygen atoms in total. The summed E-state index contributed by atoms with van der Waals surface area (Å²) in [5.74, 6) is 0.726. The van der Waals surface area contributed by atoms with E-state index in [1.165, 1.54) is 10.5 Å². The number of aliphatic imine (C=N–C) groups is 1. The minimum atomic E-state index is -0.312. The van der Waals surface area contributed by atoms with Gasteiger partial charge in [0.25, 0.3) is 0 Å². The molecule has 0 bridgehead atoms. The van der Waals surface area contributed by atoms with Crippen LogP contribution in [0.2, 0.25) is 0 Å². The van der Waals surface area contributed by atoms with Crippen LogP contribution in [0.1, 0.15) is 24.5 Å². The van der Waals surface area contributed by atoms with E-state index in [0.717, 1.165) is 12.0 Å². The van der Waals surface area contributed by atoms with Crippen LogP contribution < -0.4 is 19.7 Å². The average molecular weight is 441 g/mol. The number of nitrogens with one attached hydrogen (secondary N) is 1. The molecule has 0 fully saturated rings. The summed E-state index contributed by atoms with van der Waals surface area (Å²) in [6.45, 7) is 2.14. The molecule has 0 atom stereocenters. The third kappa shape index (κ3) is 4.30. The molecule has 0 aromatic heterocycles. The third-order valence-corrected chi connectivity index (χ3v) is 5.70. The summed E-state index contributed by atoms with van der Waals surface area (Å²) >= 11 is 0. The number of rotatable bonds is 5. The van der Waals surface area contributed by atoms with Gasteiger partial charge in [-0.1, -0.05) is 43.3 Å². The zero-order valence-electron chi connectivity index (χ0n) is 18.2. The average Bonchev–Trinajstić information content (AvgIpc) is 3.25. The van der Waals surface area contributed by atoms with Gasteiger partial charge < -0.3 is 19.7 Å². The van der Waals surface area contributed by atoms with Crippen molar-refractivity contribution < 1.29 is 19.1 Å². The maximum atomic E-state index is 13.3. The molecule has 0 saturated carbocycles. The second-order valence-corrected chi connectivity index (χ2v) is 7.87. The van der Waals surface area contributed by atoms with Crippen molar-refractivity contribution in [2.75, 3.05) is 23.6 Å². The van der Waals surface area contributed by atoms with E-state index in [1.807, 2.05) is 36.4 Å². The molecule has 5 rings (SSSR count). The minimum Gasteiger partial charge on any atom is -0.454 e. The largest absolute Gasteiger partial charge is 0.454 e.